The van der Waals surface area contributed by atoms with E-state index in [9.17, 15) is 0 Å². The van der Waals surface area contributed by atoms with E-state index in [1.54, 1.807) is 0 Å². The Morgan fingerprint density at radius 2 is 0.460 bits per heavy atom. The monoisotopic (exact) mass is 1760 g/mol. The Morgan fingerprint density at radius 1 is 0.161 bits per heavy atom. The first-order valence-corrected chi connectivity index (χ1v) is 47.5. The molecule has 3 aliphatic carbocycles. The second kappa shape index (κ2) is 32.7. The van der Waals surface area contributed by atoms with Gasteiger partial charge in [-0.2, -0.15) is 0 Å². The van der Waals surface area contributed by atoms with E-state index in [-0.39, 0.29) is 16.2 Å². The van der Waals surface area contributed by atoms with E-state index in [2.05, 4.69) is 517 Å². The first-order valence-electron chi connectivity index (χ1n) is 47.5. The third kappa shape index (κ3) is 14.0. The van der Waals surface area contributed by atoms with Crippen LogP contribution in [0, 0.1) is 0 Å². The summed E-state index contributed by atoms with van der Waals surface area (Å²) in [6.45, 7) is 13.9. The summed E-state index contributed by atoms with van der Waals surface area (Å²) in [6, 6.07) is 168. The van der Waals surface area contributed by atoms with Crippen molar-refractivity contribution in [1.82, 2.24) is 0 Å². The zero-order chi connectivity index (χ0) is 91.8. The van der Waals surface area contributed by atoms with Crippen LogP contribution in [0.5, 0.6) is 0 Å². The van der Waals surface area contributed by atoms with Crippen LogP contribution in [0.25, 0.3) is 165 Å². The Morgan fingerprint density at radius 3 is 0.905 bits per heavy atom. The van der Waals surface area contributed by atoms with Gasteiger partial charge in [0.25, 0.3) is 0 Å². The predicted octanol–water partition coefficient (Wildman–Crippen LogP) is 37.1. The Bertz CT molecular complexity index is 8750. The van der Waals surface area contributed by atoms with Gasteiger partial charge in [0, 0.05) is 88.4 Å². The van der Waals surface area contributed by atoms with Gasteiger partial charge in [0.05, 0.1) is 11.4 Å². The van der Waals surface area contributed by atoms with Crippen molar-refractivity contribution in [2.24, 2.45) is 0 Å². The van der Waals surface area contributed by atoms with Gasteiger partial charge in [-0.05, 0) is 284 Å². The fourth-order valence-electron chi connectivity index (χ4n) is 22.1. The van der Waals surface area contributed by atoms with Gasteiger partial charge in [0.2, 0.25) is 0 Å². The number of rotatable bonds is 13. The summed E-state index contributed by atoms with van der Waals surface area (Å²) < 4.78 is 20.0. The van der Waals surface area contributed by atoms with Gasteiger partial charge in [-0.15, -0.1) is 0 Å². The van der Waals surface area contributed by atoms with Gasteiger partial charge in [-0.1, -0.05) is 357 Å². The van der Waals surface area contributed by atoms with E-state index >= 15 is 0 Å². The minimum atomic E-state index is -0.130. The van der Waals surface area contributed by atoms with Crippen LogP contribution in [0.3, 0.4) is 0 Å². The number of fused-ring (bicyclic) bond motifs is 20. The summed E-state index contributed by atoms with van der Waals surface area (Å²) in [5, 5.41) is 11.9. The van der Waals surface area contributed by atoms with Crippen LogP contribution in [0.1, 0.15) is 74.9 Å². The van der Waals surface area contributed by atoms with Crippen molar-refractivity contribution in [3.63, 3.8) is 0 Å². The Hall–Kier alpha value is -17.1. The van der Waals surface area contributed by atoms with Gasteiger partial charge in [0.1, 0.15) is 22.3 Å². The summed E-state index contributed by atoms with van der Waals surface area (Å²) in [5.41, 5.74) is 40.4. The molecule has 3 aromatic heterocycles. The SMILES string of the molecule is CC1(C)c2ccc(N(c3ccccc3)c3ccc(-c4ccc5ccccc5c4)cc3)cc2-c2cc3c(cc21)oc1ccccc13.CC1(C)c2ccccc2-c2cc3c(cc21)oc1c(N(c2ccc(-c4ccccc4)cc2)c2ccc(-c4ccccc4)cc2)cccc13.CC1(C)c2ccccc2-c2cc3c(cc21)oc1c(N(c2ccccc2)c2ccc(-c4ccc5ccccc5c4)cc2)cccc13. The third-order valence-corrected chi connectivity index (χ3v) is 29.2. The van der Waals surface area contributed by atoms with Crippen LogP contribution >= 0.6 is 0 Å². The summed E-state index contributed by atoms with van der Waals surface area (Å²) in [6.07, 6.45) is 0. The van der Waals surface area contributed by atoms with Crippen LogP contribution in [-0.4, -0.2) is 0 Å². The molecule has 24 aromatic rings. The van der Waals surface area contributed by atoms with Gasteiger partial charge in [-0.3, -0.25) is 0 Å². The van der Waals surface area contributed by atoms with E-state index < -0.39 is 0 Å². The maximum absolute atomic E-state index is 6.87. The van der Waals surface area contributed by atoms with E-state index in [4.69, 9.17) is 13.3 Å². The van der Waals surface area contributed by atoms with Crippen LogP contribution < -0.4 is 14.7 Å². The summed E-state index contributed by atoms with van der Waals surface area (Å²) in [7, 11) is 0. The van der Waals surface area contributed by atoms with Crippen molar-refractivity contribution in [3.05, 3.63) is 500 Å². The summed E-state index contributed by atoms with van der Waals surface area (Å²) >= 11 is 0. The quantitative estimate of drug-likeness (QED) is 0.115. The second-order valence-corrected chi connectivity index (χ2v) is 38.2. The molecule has 0 N–H and O–H groups in total. The van der Waals surface area contributed by atoms with Crippen molar-refractivity contribution in [1.29, 1.82) is 0 Å². The van der Waals surface area contributed by atoms with E-state index in [0.717, 1.165) is 112 Å². The molecule has 0 spiro atoms. The molecule has 652 valence electrons. The lowest BCUT2D eigenvalue weighted by Gasteiger charge is -2.27. The molecular formula is C131H95N3O3. The van der Waals surface area contributed by atoms with Crippen molar-refractivity contribution >= 4 is 139 Å². The van der Waals surface area contributed by atoms with Crippen molar-refractivity contribution in [2.75, 3.05) is 14.7 Å². The van der Waals surface area contributed by atoms with Gasteiger partial charge in [-0.25, -0.2) is 0 Å². The first kappa shape index (κ1) is 81.9. The van der Waals surface area contributed by atoms with Crippen molar-refractivity contribution < 1.29 is 13.3 Å². The number of hydrogen-bond donors (Lipinski definition) is 0. The summed E-state index contributed by atoms with van der Waals surface area (Å²) in [5.74, 6) is 0. The van der Waals surface area contributed by atoms with E-state index in [1.165, 1.54) is 138 Å². The average Bonchev–Trinajstić information content (AvgIpc) is 1.56. The van der Waals surface area contributed by atoms with E-state index in [1.807, 2.05) is 6.07 Å². The molecule has 0 radical (unpaired) electrons. The van der Waals surface area contributed by atoms with Crippen LogP contribution in [0.4, 0.5) is 51.2 Å². The smallest absolute Gasteiger partial charge is 0.159 e. The van der Waals surface area contributed by atoms with Gasteiger partial charge < -0.3 is 28.0 Å². The molecular weight excluding hydrogens is 1660 g/mol. The normalized spacial score (nSPS) is 13.2. The molecule has 137 heavy (non-hydrogen) atoms. The molecule has 27 rings (SSSR count). The minimum absolute atomic E-state index is 0.0786. The van der Waals surface area contributed by atoms with Crippen molar-refractivity contribution in [3.8, 4) is 77.9 Å². The lowest BCUT2D eigenvalue weighted by atomic mass is 9.82. The highest BCUT2D eigenvalue weighted by atomic mass is 16.3. The molecule has 6 nitrogen and oxygen atoms in total. The number of nitrogens with zero attached hydrogens (tertiary/aromatic N) is 3. The molecule has 21 aromatic carbocycles. The van der Waals surface area contributed by atoms with Crippen LogP contribution in [0.15, 0.2) is 480 Å². The maximum atomic E-state index is 6.87. The molecule has 3 aliphatic rings. The molecule has 0 bridgehead atoms. The molecule has 0 saturated heterocycles. The zero-order valence-electron chi connectivity index (χ0n) is 77.0. The highest BCUT2D eigenvalue weighted by Crippen LogP contribution is 2.57. The largest absolute Gasteiger partial charge is 0.456 e. The molecule has 0 fully saturated rings. The van der Waals surface area contributed by atoms with Gasteiger partial charge >= 0.3 is 0 Å². The molecule has 0 atom stereocenters. The molecule has 0 unspecified atom stereocenters. The van der Waals surface area contributed by atoms with Gasteiger partial charge in [0.15, 0.2) is 11.2 Å². The average molecular weight is 1760 g/mol. The molecule has 3 heterocycles. The third-order valence-electron chi connectivity index (χ3n) is 29.2. The van der Waals surface area contributed by atoms with Crippen molar-refractivity contribution in [2.45, 2.75) is 57.8 Å². The lowest BCUT2D eigenvalue weighted by molar-refractivity contribution is 0.647. The fraction of sp³-hybridized carbons (Fsp3) is 0.0687. The second-order valence-electron chi connectivity index (χ2n) is 38.2. The summed E-state index contributed by atoms with van der Waals surface area (Å²) in [4.78, 5) is 6.99. The van der Waals surface area contributed by atoms with Crippen LogP contribution in [-0.2, 0) is 16.2 Å². The Kier molecular flexibility index (Phi) is 19.5. The first-order chi connectivity index (χ1) is 67.2. The highest BCUT2D eigenvalue weighted by Gasteiger charge is 2.40. The minimum Gasteiger partial charge on any atom is -0.456 e. The predicted molar refractivity (Wildman–Crippen MR) is 575 cm³/mol. The zero-order valence-corrected chi connectivity index (χ0v) is 77.0. The number of benzene rings is 21. The number of para-hydroxylation sites is 5. The van der Waals surface area contributed by atoms with E-state index in [0.29, 0.717) is 0 Å². The number of hydrogen-bond acceptors (Lipinski definition) is 6. The maximum Gasteiger partial charge on any atom is 0.159 e. The standard InChI is InChI=1S/C45H33NO.2C43H31NO/c1-45(2)40-18-10-9-16-36(40)38-28-39-37-17-11-19-42(44(37)47-43(39)29-41(38)45)46(34-24-20-32(21-25-34)30-12-5-3-6-13-30)35-26-22-33(23-27-35)31-14-7-4-8-15-31;1-43(2)38-17-9-8-15-34(38)36-26-37-35-16-10-18-40(42(35)45-41(37)27-39(36)43)44(32-13-4-3-5-14-32)33-23-21-29(22-24-33)31-20-19-28-11-6-7-12-30(28)25-31;1-43(2)39-23-22-34(25-36(39)37-26-38-35-14-8-9-15-41(35)45-42(38)27-40(37)43)44(32-12-4-3-5-13-32)33-20-18-29(19-21-33)31-17-16-28-10-6-7-11-30(28)24-31/h3-29H,1-2H3;2*3-27H,1-2H3. The Labute approximate surface area is 797 Å². The molecule has 0 saturated carbocycles. The molecule has 0 amide bonds. The number of furan rings is 3. The highest BCUT2D eigenvalue weighted by molar-refractivity contribution is 6.15. The topological polar surface area (TPSA) is 49.1 Å². The Balaban J connectivity index is 0.000000109. The number of anilines is 9. The lowest BCUT2D eigenvalue weighted by Crippen LogP contribution is -2.15. The fourth-order valence-corrected chi connectivity index (χ4v) is 22.1. The molecule has 0 aliphatic heterocycles. The molecule has 6 heteroatoms. The van der Waals surface area contributed by atoms with Crippen LogP contribution in [0.2, 0.25) is 0 Å².